The average molecular weight is 297 g/mol. The Labute approximate surface area is 132 Å². The van der Waals surface area contributed by atoms with Crippen molar-refractivity contribution in [2.24, 2.45) is 0 Å². The molecule has 0 fully saturated rings. The van der Waals surface area contributed by atoms with Crippen LogP contribution in [0.4, 0.5) is 0 Å². The van der Waals surface area contributed by atoms with Gasteiger partial charge in [-0.15, -0.1) is 0 Å². The van der Waals surface area contributed by atoms with Crippen LogP contribution in [-0.2, 0) is 10.3 Å². The third kappa shape index (κ3) is 3.37. The van der Waals surface area contributed by atoms with Crippen LogP contribution in [0, 0.1) is 6.92 Å². The van der Waals surface area contributed by atoms with Crippen LogP contribution in [0.3, 0.4) is 0 Å². The van der Waals surface area contributed by atoms with Crippen LogP contribution in [0.2, 0.25) is 0 Å². The predicted molar refractivity (Wildman–Crippen MR) is 88.9 cm³/mol. The van der Waals surface area contributed by atoms with Gasteiger partial charge in [0.2, 0.25) is 0 Å². The van der Waals surface area contributed by atoms with Gasteiger partial charge in [0, 0.05) is 12.7 Å². The maximum Gasteiger partial charge on any atom is 0.251 e. The molecule has 3 nitrogen and oxygen atoms in total. The Balaban J connectivity index is 2.16. The van der Waals surface area contributed by atoms with E-state index in [2.05, 4.69) is 12.2 Å². The SMILES string of the molecule is CC[C@](CNC(=O)c1ccccc1C)(OC)c1ccccc1. The van der Waals surface area contributed by atoms with Crippen LogP contribution < -0.4 is 5.32 Å². The van der Waals surface area contributed by atoms with E-state index in [1.54, 1.807) is 7.11 Å². The highest BCUT2D eigenvalue weighted by Crippen LogP contribution is 2.28. The number of aryl methyl sites for hydroxylation is 1. The molecule has 2 rings (SSSR count). The zero-order valence-electron chi connectivity index (χ0n) is 13.4. The molecular weight excluding hydrogens is 274 g/mol. The maximum absolute atomic E-state index is 12.4. The fraction of sp³-hybridized carbons (Fsp3) is 0.316. The molecular formula is C19H23NO2. The number of carbonyl (C=O) groups is 1. The van der Waals surface area contributed by atoms with Crippen molar-refractivity contribution in [2.75, 3.05) is 13.7 Å². The first-order chi connectivity index (χ1) is 10.6. The van der Waals surface area contributed by atoms with Gasteiger partial charge in [-0.3, -0.25) is 4.79 Å². The second-order valence-corrected chi connectivity index (χ2v) is 5.42. The van der Waals surface area contributed by atoms with E-state index in [1.165, 1.54) is 0 Å². The molecule has 0 bridgehead atoms. The number of amides is 1. The van der Waals surface area contributed by atoms with Gasteiger partial charge in [-0.05, 0) is 30.5 Å². The summed E-state index contributed by atoms with van der Waals surface area (Å²) in [5, 5.41) is 3.02. The number of benzene rings is 2. The summed E-state index contributed by atoms with van der Waals surface area (Å²) in [6.07, 6.45) is 0.779. The van der Waals surface area contributed by atoms with E-state index in [-0.39, 0.29) is 5.91 Å². The molecule has 0 aliphatic rings. The van der Waals surface area contributed by atoms with Crippen molar-refractivity contribution in [3.05, 3.63) is 71.3 Å². The third-order valence-electron chi connectivity index (χ3n) is 4.19. The van der Waals surface area contributed by atoms with Gasteiger partial charge in [0.1, 0.15) is 5.60 Å². The van der Waals surface area contributed by atoms with Gasteiger partial charge in [-0.25, -0.2) is 0 Å². The molecule has 1 atom stereocenters. The number of hydrogen-bond acceptors (Lipinski definition) is 2. The zero-order chi connectivity index (χ0) is 16.0. The van der Waals surface area contributed by atoms with E-state index in [4.69, 9.17) is 4.74 Å². The molecule has 116 valence electrons. The number of ether oxygens (including phenoxy) is 1. The number of carbonyl (C=O) groups excluding carboxylic acids is 1. The first-order valence-corrected chi connectivity index (χ1v) is 7.57. The van der Waals surface area contributed by atoms with E-state index >= 15 is 0 Å². The molecule has 0 aromatic heterocycles. The van der Waals surface area contributed by atoms with Gasteiger partial charge in [0.05, 0.1) is 6.54 Å². The van der Waals surface area contributed by atoms with Gasteiger partial charge in [0.15, 0.2) is 0 Å². The zero-order valence-corrected chi connectivity index (χ0v) is 13.4. The molecule has 3 heteroatoms. The summed E-state index contributed by atoms with van der Waals surface area (Å²) >= 11 is 0. The number of rotatable bonds is 6. The topological polar surface area (TPSA) is 38.3 Å². The number of hydrogen-bond donors (Lipinski definition) is 1. The Kier molecular flexibility index (Phi) is 5.34. The van der Waals surface area contributed by atoms with Crippen molar-refractivity contribution in [3.8, 4) is 0 Å². The summed E-state index contributed by atoms with van der Waals surface area (Å²) in [4.78, 5) is 12.4. The van der Waals surface area contributed by atoms with Gasteiger partial charge in [-0.2, -0.15) is 0 Å². The van der Waals surface area contributed by atoms with Crippen molar-refractivity contribution in [3.63, 3.8) is 0 Å². The minimum absolute atomic E-state index is 0.0658. The fourth-order valence-electron chi connectivity index (χ4n) is 2.65. The van der Waals surface area contributed by atoms with Crippen molar-refractivity contribution < 1.29 is 9.53 Å². The first kappa shape index (κ1) is 16.2. The van der Waals surface area contributed by atoms with Gasteiger partial charge in [-0.1, -0.05) is 55.5 Å². The second kappa shape index (κ2) is 7.23. The van der Waals surface area contributed by atoms with E-state index in [9.17, 15) is 4.79 Å². The molecule has 0 saturated heterocycles. The molecule has 0 unspecified atom stereocenters. The van der Waals surface area contributed by atoms with Crippen molar-refractivity contribution in [1.29, 1.82) is 0 Å². The average Bonchev–Trinajstić information content (AvgIpc) is 2.57. The quantitative estimate of drug-likeness (QED) is 0.883. The Bertz CT molecular complexity index is 618. The Morgan fingerprint density at radius 2 is 1.73 bits per heavy atom. The molecule has 0 heterocycles. The Morgan fingerprint density at radius 3 is 2.32 bits per heavy atom. The summed E-state index contributed by atoms with van der Waals surface area (Å²) in [5.41, 5.74) is 2.25. The Hall–Kier alpha value is -2.13. The number of methoxy groups -OCH3 is 1. The summed E-state index contributed by atoms with van der Waals surface area (Å²) in [5.74, 6) is -0.0658. The largest absolute Gasteiger partial charge is 0.372 e. The van der Waals surface area contributed by atoms with Crippen LogP contribution in [-0.4, -0.2) is 19.6 Å². The third-order valence-corrected chi connectivity index (χ3v) is 4.19. The van der Waals surface area contributed by atoms with E-state index < -0.39 is 5.60 Å². The lowest BCUT2D eigenvalue weighted by molar-refractivity contribution is -0.0164. The van der Waals surface area contributed by atoms with E-state index in [1.807, 2.05) is 61.5 Å². The normalized spacial score (nSPS) is 13.4. The van der Waals surface area contributed by atoms with Gasteiger partial charge >= 0.3 is 0 Å². The molecule has 0 aliphatic carbocycles. The minimum Gasteiger partial charge on any atom is -0.372 e. The van der Waals surface area contributed by atoms with Crippen molar-refractivity contribution in [2.45, 2.75) is 25.9 Å². The smallest absolute Gasteiger partial charge is 0.251 e. The van der Waals surface area contributed by atoms with Crippen LogP contribution in [0.5, 0.6) is 0 Å². The Morgan fingerprint density at radius 1 is 1.09 bits per heavy atom. The van der Waals surface area contributed by atoms with Crippen LogP contribution in [0.15, 0.2) is 54.6 Å². The van der Waals surface area contributed by atoms with Crippen molar-refractivity contribution >= 4 is 5.91 Å². The predicted octanol–water partition coefficient (Wildman–Crippen LogP) is 3.68. The summed E-state index contributed by atoms with van der Waals surface area (Å²) < 4.78 is 5.77. The first-order valence-electron chi connectivity index (χ1n) is 7.57. The molecule has 1 amide bonds. The van der Waals surface area contributed by atoms with E-state index in [0.717, 1.165) is 17.5 Å². The van der Waals surface area contributed by atoms with E-state index in [0.29, 0.717) is 12.1 Å². The molecule has 0 saturated carbocycles. The minimum atomic E-state index is -0.500. The summed E-state index contributed by atoms with van der Waals surface area (Å²) in [7, 11) is 1.69. The van der Waals surface area contributed by atoms with Crippen LogP contribution >= 0.6 is 0 Å². The fourth-order valence-corrected chi connectivity index (χ4v) is 2.65. The van der Waals surface area contributed by atoms with Crippen molar-refractivity contribution in [1.82, 2.24) is 5.32 Å². The lowest BCUT2D eigenvalue weighted by atomic mass is 9.90. The molecule has 2 aromatic carbocycles. The lowest BCUT2D eigenvalue weighted by Crippen LogP contribution is -2.42. The van der Waals surface area contributed by atoms with Gasteiger partial charge < -0.3 is 10.1 Å². The summed E-state index contributed by atoms with van der Waals surface area (Å²) in [6.45, 7) is 4.45. The highest BCUT2D eigenvalue weighted by molar-refractivity contribution is 5.95. The summed E-state index contributed by atoms with van der Waals surface area (Å²) in [6, 6.07) is 17.6. The highest BCUT2D eigenvalue weighted by atomic mass is 16.5. The number of nitrogens with one attached hydrogen (secondary N) is 1. The molecule has 0 aliphatic heterocycles. The van der Waals surface area contributed by atoms with Gasteiger partial charge in [0.25, 0.3) is 5.91 Å². The maximum atomic E-state index is 12.4. The molecule has 0 radical (unpaired) electrons. The monoisotopic (exact) mass is 297 g/mol. The van der Waals surface area contributed by atoms with Crippen LogP contribution in [0.1, 0.15) is 34.8 Å². The molecule has 1 N–H and O–H groups in total. The molecule has 0 spiro atoms. The molecule has 2 aromatic rings. The highest BCUT2D eigenvalue weighted by Gasteiger charge is 2.30. The second-order valence-electron chi connectivity index (χ2n) is 5.42. The standard InChI is InChI=1S/C19H23NO2/c1-4-19(22-3,16-11-6-5-7-12-16)14-20-18(21)17-13-9-8-10-15(17)2/h5-13H,4,14H2,1-3H3,(H,20,21)/t19-/m1/s1. The molecule has 22 heavy (non-hydrogen) atoms. The lowest BCUT2D eigenvalue weighted by Gasteiger charge is -2.32. The van der Waals surface area contributed by atoms with Crippen LogP contribution in [0.25, 0.3) is 0 Å².